The first-order valence-corrected chi connectivity index (χ1v) is 6.87. The van der Waals surface area contributed by atoms with Gasteiger partial charge in [-0.3, -0.25) is 0 Å². The lowest BCUT2D eigenvalue weighted by Crippen LogP contribution is -2.05. The van der Waals surface area contributed by atoms with Crippen LogP contribution in [0.3, 0.4) is 0 Å². The van der Waals surface area contributed by atoms with Gasteiger partial charge in [-0.05, 0) is 39.3 Å². The predicted molar refractivity (Wildman–Crippen MR) is 80.3 cm³/mol. The van der Waals surface area contributed by atoms with Crippen LogP contribution >= 0.6 is 0 Å². The number of aryl methyl sites for hydroxylation is 3. The Balaban J connectivity index is 2.40. The summed E-state index contributed by atoms with van der Waals surface area (Å²) in [6.45, 7) is 9.19. The van der Waals surface area contributed by atoms with Gasteiger partial charge in [-0.1, -0.05) is 30.7 Å². The minimum absolute atomic E-state index is 0.378. The first kappa shape index (κ1) is 13.8. The van der Waals surface area contributed by atoms with Crippen molar-refractivity contribution in [3.8, 4) is 11.3 Å². The molecule has 0 amide bonds. The number of hydrogen-bond acceptors (Lipinski definition) is 2. The summed E-state index contributed by atoms with van der Waals surface area (Å²) >= 11 is 0. The molecule has 3 heteroatoms. The van der Waals surface area contributed by atoms with Crippen molar-refractivity contribution < 1.29 is 0 Å². The molecule has 2 aromatic rings. The van der Waals surface area contributed by atoms with Gasteiger partial charge in [0.1, 0.15) is 5.82 Å². The van der Waals surface area contributed by atoms with E-state index in [4.69, 9.17) is 10.7 Å². The lowest BCUT2D eigenvalue weighted by atomic mass is 10.0. The summed E-state index contributed by atoms with van der Waals surface area (Å²) in [5.41, 5.74) is 11.6. The van der Waals surface area contributed by atoms with E-state index in [9.17, 15) is 0 Å². The van der Waals surface area contributed by atoms with Crippen molar-refractivity contribution in [1.82, 2.24) is 9.97 Å². The van der Waals surface area contributed by atoms with Crippen LogP contribution in [0.1, 0.15) is 41.9 Å². The zero-order valence-corrected chi connectivity index (χ0v) is 12.2. The van der Waals surface area contributed by atoms with Crippen molar-refractivity contribution in [2.24, 2.45) is 5.73 Å². The van der Waals surface area contributed by atoms with Gasteiger partial charge >= 0.3 is 0 Å². The summed E-state index contributed by atoms with van der Waals surface area (Å²) in [6, 6.07) is 6.50. The summed E-state index contributed by atoms with van der Waals surface area (Å²) in [5, 5.41) is 0. The molecule has 0 bridgehead atoms. The molecule has 0 aliphatic heterocycles. The van der Waals surface area contributed by atoms with Crippen LogP contribution < -0.4 is 5.73 Å². The first-order chi connectivity index (χ1) is 9.02. The average molecular weight is 257 g/mol. The molecule has 19 heavy (non-hydrogen) atoms. The second-order valence-electron chi connectivity index (χ2n) is 5.39. The van der Waals surface area contributed by atoms with Crippen LogP contribution in [-0.4, -0.2) is 16.5 Å². The van der Waals surface area contributed by atoms with Gasteiger partial charge in [0.2, 0.25) is 0 Å². The van der Waals surface area contributed by atoms with Gasteiger partial charge in [-0.25, -0.2) is 4.98 Å². The van der Waals surface area contributed by atoms with Crippen LogP contribution in [0.4, 0.5) is 0 Å². The number of nitrogens with one attached hydrogen (secondary N) is 1. The highest BCUT2D eigenvalue weighted by molar-refractivity contribution is 5.66. The number of nitrogens with two attached hydrogens (primary N) is 1. The van der Waals surface area contributed by atoms with Gasteiger partial charge in [0.25, 0.3) is 0 Å². The average Bonchev–Trinajstić information content (AvgIpc) is 2.72. The summed E-state index contributed by atoms with van der Waals surface area (Å²) in [4.78, 5) is 8.18. The fourth-order valence-electron chi connectivity index (χ4n) is 2.45. The normalized spacial score (nSPS) is 12.7. The fraction of sp³-hybridized carbons (Fsp3) is 0.438. The number of benzene rings is 1. The van der Waals surface area contributed by atoms with Gasteiger partial charge in [-0.2, -0.15) is 0 Å². The molecule has 1 heterocycles. The second-order valence-corrected chi connectivity index (χ2v) is 5.39. The van der Waals surface area contributed by atoms with Gasteiger partial charge in [0.15, 0.2) is 0 Å². The van der Waals surface area contributed by atoms with E-state index in [-0.39, 0.29) is 0 Å². The molecule has 1 unspecified atom stereocenters. The molecular formula is C16H23N3. The molecule has 1 aromatic heterocycles. The van der Waals surface area contributed by atoms with Crippen molar-refractivity contribution in [1.29, 1.82) is 0 Å². The Labute approximate surface area is 115 Å². The highest BCUT2D eigenvalue weighted by atomic mass is 14.9. The van der Waals surface area contributed by atoms with Crippen molar-refractivity contribution in [2.45, 2.75) is 40.0 Å². The Morgan fingerprint density at radius 3 is 2.63 bits per heavy atom. The number of H-pyrrole nitrogens is 1. The third kappa shape index (κ3) is 2.87. The van der Waals surface area contributed by atoms with Crippen molar-refractivity contribution >= 4 is 0 Å². The topological polar surface area (TPSA) is 54.7 Å². The zero-order chi connectivity index (χ0) is 14.0. The van der Waals surface area contributed by atoms with Crippen LogP contribution in [0.2, 0.25) is 0 Å². The molecule has 0 saturated carbocycles. The highest BCUT2D eigenvalue weighted by Gasteiger charge is 2.14. The second kappa shape index (κ2) is 5.57. The molecule has 0 spiro atoms. The molecule has 1 aromatic carbocycles. The number of imidazole rings is 1. The Bertz CT molecular complexity index is 569. The van der Waals surface area contributed by atoms with E-state index in [1.165, 1.54) is 16.7 Å². The Morgan fingerprint density at radius 2 is 2.00 bits per heavy atom. The minimum atomic E-state index is 0.378. The van der Waals surface area contributed by atoms with Crippen molar-refractivity contribution in [3.05, 3.63) is 40.8 Å². The fourth-order valence-corrected chi connectivity index (χ4v) is 2.45. The first-order valence-electron chi connectivity index (χ1n) is 6.87. The smallest absolute Gasteiger partial charge is 0.109 e. The lowest BCUT2D eigenvalue weighted by Gasteiger charge is -2.06. The van der Waals surface area contributed by atoms with Gasteiger partial charge in [0.05, 0.1) is 5.69 Å². The standard InChI is InChI=1S/C16H23N3/c1-10-5-6-14(12(3)9-10)15-13(4)18-16(19-15)11(2)7-8-17/h5-6,9,11H,7-8,17H2,1-4H3,(H,18,19). The third-order valence-electron chi connectivity index (χ3n) is 3.61. The van der Waals surface area contributed by atoms with E-state index in [0.29, 0.717) is 12.5 Å². The molecule has 3 nitrogen and oxygen atoms in total. The number of aromatic nitrogens is 2. The maximum atomic E-state index is 5.62. The molecule has 0 fully saturated rings. The molecule has 3 N–H and O–H groups in total. The molecule has 102 valence electrons. The maximum Gasteiger partial charge on any atom is 0.109 e. The van der Waals surface area contributed by atoms with Crippen LogP contribution in [0.15, 0.2) is 18.2 Å². The Morgan fingerprint density at radius 1 is 1.26 bits per heavy atom. The quantitative estimate of drug-likeness (QED) is 0.881. The van der Waals surface area contributed by atoms with Gasteiger partial charge < -0.3 is 10.7 Å². The van der Waals surface area contributed by atoms with E-state index >= 15 is 0 Å². The van der Waals surface area contributed by atoms with Gasteiger partial charge in [0, 0.05) is 17.2 Å². The predicted octanol–water partition coefficient (Wildman–Crippen LogP) is 3.45. The summed E-state index contributed by atoms with van der Waals surface area (Å²) in [6.07, 6.45) is 0.958. The van der Waals surface area contributed by atoms with E-state index in [2.05, 4.69) is 50.9 Å². The van der Waals surface area contributed by atoms with Crippen LogP contribution in [-0.2, 0) is 0 Å². The van der Waals surface area contributed by atoms with E-state index in [1.807, 2.05) is 0 Å². The number of nitrogens with zero attached hydrogens (tertiary/aromatic N) is 1. The molecule has 0 aliphatic carbocycles. The van der Waals surface area contributed by atoms with Crippen molar-refractivity contribution in [2.75, 3.05) is 6.54 Å². The molecule has 2 rings (SSSR count). The molecular weight excluding hydrogens is 234 g/mol. The van der Waals surface area contributed by atoms with Crippen LogP contribution in [0.25, 0.3) is 11.3 Å². The monoisotopic (exact) mass is 257 g/mol. The summed E-state index contributed by atoms with van der Waals surface area (Å²) < 4.78 is 0. The third-order valence-corrected chi connectivity index (χ3v) is 3.61. The summed E-state index contributed by atoms with van der Waals surface area (Å²) in [7, 11) is 0. The van der Waals surface area contributed by atoms with E-state index in [1.54, 1.807) is 0 Å². The molecule has 0 aliphatic rings. The maximum absolute atomic E-state index is 5.62. The van der Waals surface area contributed by atoms with E-state index in [0.717, 1.165) is 23.6 Å². The Kier molecular flexibility index (Phi) is 4.05. The van der Waals surface area contributed by atoms with Crippen LogP contribution in [0.5, 0.6) is 0 Å². The zero-order valence-electron chi connectivity index (χ0n) is 12.2. The van der Waals surface area contributed by atoms with Crippen LogP contribution in [0, 0.1) is 20.8 Å². The highest BCUT2D eigenvalue weighted by Crippen LogP contribution is 2.27. The largest absolute Gasteiger partial charge is 0.345 e. The molecule has 1 atom stereocenters. The number of aromatic amines is 1. The van der Waals surface area contributed by atoms with Gasteiger partial charge in [-0.15, -0.1) is 0 Å². The minimum Gasteiger partial charge on any atom is -0.345 e. The van der Waals surface area contributed by atoms with Crippen molar-refractivity contribution in [3.63, 3.8) is 0 Å². The molecule has 0 radical (unpaired) electrons. The number of hydrogen-bond donors (Lipinski definition) is 2. The Hall–Kier alpha value is -1.61. The lowest BCUT2D eigenvalue weighted by molar-refractivity contribution is 0.654. The summed E-state index contributed by atoms with van der Waals surface area (Å²) in [5.74, 6) is 1.42. The molecule has 0 saturated heterocycles. The number of rotatable bonds is 4. The SMILES string of the molecule is Cc1ccc(-c2nc(C(C)CCN)[nH]c2C)c(C)c1. The van der Waals surface area contributed by atoms with E-state index < -0.39 is 0 Å².